The lowest BCUT2D eigenvalue weighted by Gasteiger charge is -2.19. The van der Waals surface area contributed by atoms with Crippen LogP contribution < -0.4 is 5.32 Å². The highest BCUT2D eigenvalue weighted by Crippen LogP contribution is 2.31. The number of rotatable bonds is 6. The number of hydrogen-bond acceptors (Lipinski definition) is 3. The van der Waals surface area contributed by atoms with Gasteiger partial charge < -0.3 is 10.4 Å². The minimum absolute atomic E-state index is 0.236. The number of carbonyl (C=O) groups excluding carboxylic acids is 1. The van der Waals surface area contributed by atoms with Crippen LogP contribution in [0.5, 0.6) is 0 Å². The predicted molar refractivity (Wildman–Crippen MR) is 120 cm³/mol. The van der Waals surface area contributed by atoms with Crippen LogP contribution in [0.3, 0.4) is 0 Å². The molecule has 0 aliphatic carbocycles. The lowest BCUT2D eigenvalue weighted by atomic mass is 9.93. The Labute approximate surface area is 180 Å². The van der Waals surface area contributed by atoms with Crippen LogP contribution in [0.2, 0.25) is 10.0 Å². The number of aryl methyl sites for hydroxylation is 2. The van der Waals surface area contributed by atoms with Crippen LogP contribution in [0.1, 0.15) is 48.7 Å². The van der Waals surface area contributed by atoms with Gasteiger partial charge in [0.25, 0.3) is 5.91 Å². The molecule has 152 valence electrons. The lowest BCUT2D eigenvalue weighted by Crippen LogP contribution is -2.19. The van der Waals surface area contributed by atoms with Gasteiger partial charge in [0.1, 0.15) is 0 Å². The van der Waals surface area contributed by atoms with Gasteiger partial charge in [-0.3, -0.25) is 9.78 Å². The van der Waals surface area contributed by atoms with Crippen LogP contribution in [0.25, 0.3) is 10.9 Å². The van der Waals surface area contributed by atoms with Gasteiger partial charge >= 0.3 is 0 Å². The number of pyridine rings is 1. The van der Waals surface area contributed by atoms with E-state index in [4.69, 9.17) is 23.2 Å². The van der Waals surface area contributed by atoms with Gasteiger partial charge in [-0.25, -0.2) is 0 Å². The largest absolute Gasteiger partial charge is 0.390 e. The number of aliphatic hydroxyl groups is 1. The fourth-order valence-electron chi connectivity index (χ4n) is 3.35. The van der Waals surface area contributed by atoms with Crippen molar-refractivity contribution in [1.82, 2.24) is 4.98 Å². The van der Waals surface area contributed by atoms with Crippen molar-refractivity contribution in [2.45, 2.75) is 45.6 Å². The number of nitrogens with zero attached hydrogens (tertiary/aromatic N) is 1. The average molecular weight is 431 g/mol. The van der Waals surface area contributed by atoms with Gasteiger partial charge in [-0.1, -0.05) is 48.3 Å². The normalized spacial score (nSPS) is 11.7. The molecule has 29 heavy (non-hydrogen) atoms. The Morgan fingerprint density at radius 3 is 2.41 bits per heavy atom. The molecule has 3 rings (SSSR count). The molecule has 0 bridgehead atoms. The minimum atomic E-state index is -0.757. The fourth-order valence-corrected chi connectivity index (χ4v) is 3.92. The molecule has 0 saturated carbocycles. The zero-order chi connectivity index (χ0) is 21.2. The van der Waals surface area contributed by atoms with Gasteiger partial charge in [0.15, 0.2) is 0 Å². The van der Waals surface area contributed by atoms with E-state index in [9.17, 15) is 9.90 Å². The number of aromatic nitrogens is 1. The number of nitrogens with one attached hydrogen (secondary N) is 1. The maximum atomic E-state index is 12.8. The third-order valence-electron chi connectivity index (χ3n) is 4.90. The highest BCUT2D eigenvalue weighted by Gasteiger charge is 2.19. The number of fused-ring (bicyclic) bond motifs is 1. The Morgan fingerprint density at radius 1 is 1.14 bits per heavy atom. The van der Waals surface area contributed by atoms with Crippen LogP contribution in [-0.4, -0.2) is 21.6 Å². The molecule has 0 aliphatic heterocycles. The Morgan fingerprint density at radius 2 is 1.79 bits per heavy atom. The molecule has 6 heteroatoms. The van der Waals surface area contributed by atoms with Crippen molar-refractivity contribution in [2.24, 2.45) is 0 Å². The number of halogens is 2. The van der Waals surface area contributed by atoms with Gasteiger partial charge in [-0.05, 0) is 62.4 Å². The van der Waals surface area contributed by atoms with Crippen LogP contribution in [0.15, 0.2) is 42.6 Å². The molecule has 1 amide bonds. The molecule has 0 fully saturated rings. The van der Waals surface area contributed by atoms with Crippen molar-refractivity contribution in [3.63, 3.8) is 0 Å². The molecule has 0 aliphatic rings. The van der Waals surface area contributed by atoms with Crippen molar-refractivity contribution in [2.75, 3.05) is 5.32 Å². The number of hydrogen-bond donors (Lipinski definition) is 2. The van der Waals surface area contributed by atoms with Crippen LogP contribution in [0.4, 0.5) is 5.69 Å². The van der Waals surface area contributed by atoms with E-state index >= 15 is 0 Å². The molecule has 2 N–H and O–H groups in total. The molecule has 0 atom stereocenters. The number of para-hydroxylation sites is 1. The Kier molecular flexibility index (Phi) is 6.47. The summed E-state index contributed by atoms with van der Waals surface area (Å²) >= 11 is 12.3. The number of benzene rings is 2. The van der Waals surface area contributed by atoms with Crippen molar-refractivity contribution in [3.05, 3.63) is 69.3 Å². The van der Waals surface area contributed by atoms with Crippen LogP contribution >= 0.6 is 23.2 Å². The Bertz CT molecular complexity index is 1040. The predicted octanol–water partition coefficient (Wildman–Crippen LogP) is 6.06. The summed E-state index contributed by atoms with van der Waals surface area (Å²) < 4.78 is 0. The quantitative estimate of drug-likeness (QED) is 0.499. The topological polar surface area (TPSA) is 62.2 Å². The Balaban J connectivity index is 2.03. The van der Waals surface area contributed by atoms with Crippen LogP contribution in [0, 0.1) is 0 Å². The summed E-state index contributed by atoms with van der Waals surface area (Å²) in [5, 5.41) is 14.6. The van der Waals surface area contributed by atoms with Gasteiger partial charge in [0.2, 0.25) is 0 Å². The minimum Gasteiger partial charge on any atom is -0.390 e. The molecule has 2 aromatic carbocycles. The van der Waals surface area contributed by atoms with E-state index in [0.29, 0.717) is 27.7 Å². The van der Waals surface area contributed by atoms with E-state index in [1.54, 1.807) is 32.0 Å². The van der Waals surface area contributed by atoms with Crippen LogP contribution in [-0.2, 0) is 12.8 Å². The van der Waals surface area contributed by atoms with E-state index in [1.165, 1.54) is 0 Å². The molecule has 0 unspecified atom stereocenters. The second-order valence-electron chi connectivity index (χ2n) is 7.68. The summed E-state index contributed by atoms with van der Waals surface area (Å²) in [5.74, 6) is -0.382. The number of anilines is 1. The third-order valence-corrected chi connectivity index (χ3v) is 5.53. The molecular weight excluding hydrogens is 407 g/mol. The smallest absolute Gasteiger partial charge is 0.258 e. The summed E-state index contributed by atoms with van der Waals surface area (Å²) in [6.45, 7) is 5.70. The first-order valence-corrected chi connectivity index (χ1v) is 10.3. The summed E-state index contributed by atoms with van der Waals surface area (Å²) in [5.41, 5.74) is 3.06. The lowest BCUT2D eigenvalue weighted by molar-refractivity contribution is 0.0714. The summed E-state index contributed by atoms with van der Waals surface area (Å²) in [6.07, 6.45) is 4.04. The maximum Gasteiger partial charge on any atom is 0.258 e. The van der Waals surface area contributed by atoms with Gasteiger partial charge in [-0.15, -0.1) is 0 Å². The van der Waals surface area contributed by atoms with E-state index < -0.39 is 5.60 Å². The summed E-state index contributed by atoms with van der Waals surface area (Å²) in [6, 6.07) is 10.7. The monoisotopic (exact) mass is 430 g/mol. The molecule has 0 saturated heterocycles. The maximum absolute atomic E-state index is 12.8. The highest BCUT2D eigenvalue weighted by atomic mass is 35.5. The van der Waals surface area contributed by atoms with Crippen molar-refractivity contribution >= 4 is 45.7 Å². The SMILES string of the molecule is CCc1cnc2c(NC(=O)c3c(Cl)cccc3Cl)cccc2c1CCC(C)(C)O. The van der Waals surface area contributed by atoms with E-state index in [1.807, 2.05) is 24.4 Å². The first kappa shape index (κ1) is 21.6. The third kappa shape index (κ3) is 4.89. The standard InChI is InChI=1S/C23H24Cl2N2O2/c1-4-14-13-26-21-16(15(14)11-12-23(2,3)29)7-5-10-19(21)27-22(28)20-17(24)8-6-9-18(20)25/h5-10,13,29H,4,11-12H2,1-3H3,(H,27,28). The number of amides is 1. The van der Waals surface area contributed by atoms with Crippen molar-refractivity contribution < 1.29 is 9.90 Å². The van der Waals surface area contributed by atoms with Gasteiger partial charge in [-0.2, -0.15) is 0 Å². The van der Waals surface area contributed by atoms with Gasteiger partial charge in [0, 0.05) is 11.6 Å². The molecule has 3 aromatic rings. The Hall–Kier alpha value is -2.14. The molecule has 1 aromatic heterocycles. The molecule has 4 nitrogen and oxygen atoms in total. The molecule has 0 spiro atoms. The zero-order valence-electron chi connectivity index (χ0n) is 16.7. The van der Waals surface area contributed by atoms with Gasteiger partial charge in [0.05, 0.1) is 32.4 Å². The summed E-state index contributed by atoms with van der Waals surface area (Å²) in [4.78, 5) is 17.4. The fraction of sp³-hybridized carbons (Fsp3) is 0.304. The molecule has 0 radical (unpaired) electrons. The van der Waals surface area contributed by atoms with Crippen molar-refractivity contribution in [1.29, 1.82) is 0 Å². The molecule has 1 heterocycles. The number of carbonyl (C=O) groups is 1. The molecular formula is C23H24Cl2N2O2. The summed E-state index contributed by atoms with van der Waals surface area (Å²) in [7, 11) is 0. The zero-order valence-corrected chi connectivity index (χ0v) is 18.2. The van der Waals surface area contributed by atoms with E-state index in [0.717, 1.165) is 29.4 Å². The van der Waals surface area contributed by atoms with Crippen molar-refractivity contribution in [3.8, 4) is 0 Å². The second kappa shape index (κ2) is 8.70. The van der Waals surface area contributed by atoms with E-state index in [-0.39, 0.29) is 11.5 Å². The highest BCUT2D eigenvalue weighted by molar-refractivity contribution is 6.40. The first-order chi connectivity index (χ1) is 13.7. The first-order valence-electron chi connectivity index (χ1n) is 9.58. The second-order valence-corrected chi connectivity index (χ2v) is 8.49. The average Bonchev–Trinajstić information content (AvgIpc) is 2.65. The van der Waals surface area contributed by atoms with E-state index in [2.05, 4.69) is 17.2 Å².